The molecule has 0 spiro atoms. The van der Waals surface area contributed by atoms with Crippen LogP contribution in [0.5, 0.6) is 0 Å². The third-order valence-electron chi connectivity index (χ3n) is 3.63. The average Bonchev–Trinajstić information content (AvgIpc) is 2.64. The van der Waals surface area contributed by atoms with E-state index >= 15 is 0 Å². The van der Waals surface area contributed by atoms with Crippen molar-refractivity contribution in [3.8, 4) is 0 Å². The molecule has 0 atom stereocenters. The summed E-state index contributed by atoms with van der Waals surface area (Å²) in [6.45, 7) is 2.10. The van der Waals surface area contributed by atoms with Crippen LogP contribution in [0, 0.1) is 0 Å². The number of aromatic nitrogens is 2. The zero-order valence-corrected chi connectivity index (χ0v) is 14.4. The normalized spacial score (nSPS) is 10.3. The van der Waals surface area contributed by atoms with Crippen LogP contribution >= 0.6 is 11.6 Å². The highest BCUT2D eigenvalue weighted by Crippen LogP contribution is 2.21. The summed E-state index contributed by atoms with van der Waals surface area (Å²) in [5.41, 5.74) is 2.90. The minimum absolute atomic E-state index is 0.252. The van der Waals surface area contributed by atoms with E-state index in [0.29, 0.717) is 16.7 Å². The summed E-state index contributed by atoms with van der Waals surface area (Å²) in [6, 6.07) is 16.6. The fraction of sp³-hybridized carbons (Fsp3) is 0.105. The molecule has 0 unspecified atom stereocenters. The molecule has 0 fully saturated rings. The fourth-order valence-electron chi connectivity index (χ4n) is 2.25. The van der Waals surface area contributed by atoms with E-state index in [-0.39, 0.29) is 11.6 Å². The third kappa shape index (κ3) is 4.33. The van der Waals surface area contributed by atoms with Crippen molar-refractivity contribution < 1.29 is 4.79 Å². The van der Waals surface area contributed by atoms with Gasteiger partial charge in [0.15, 0.2) is 0 Å². The number of carbonyl (C=O) groups excluding carboxylic acids is 1. The topological polar surface area (TPSA) is 66.9 Å². The number of amides is 1. The van der Waals surface area contributed by atoms with Crippen LogP contribution in [0.15, 0.2) is 60.8 Å². The first kappa shape index (κ1) is 16.9. The Bertz CT molecular complexity index is 881. The molecule has 0 aliphatic carbocycles. The molecule has 5 nitrogen and oxygen atoms in total. The molecule has 2 N–H and O–H groups in total. The Hall–Kier alpha value is -2.92. The van der Waals surface area contributed by atoms with E-state index in [1.54, 1.807) is 30.3 Å². The molecular formula is C19H17ClN4O. The van der Waals surface area contributed by atoms with E-state index < -0.39 is 0 Å². The highest BCUT2D eigenvalue weighted by molar-refractivity contribution is 6.33. The molecule has 2 aromatic carbocycles. The van der Waals surface area contributed by atoms with Crippen molar-refractivity contribution in [1.82, 2.24) is 9.97 Å². The second kappa shape index (κ2) is 7.77. The maximum absolute atomic E-state index is 12.4. The van der Waals surface area contributed by atoms with Crippen LogP contribution in [-0.4, -0.2) is 15.9 Å². The predicted octanol–water partition coefficient (Wildman–Crippen LogP) is 4.69. The summed E-state index contributed by atoms with van der Waals surface area (Å²) in [4.78, 5) is 20.8. The zero-order chi connectivity index (χ0) is 17.6. The van der Waals surface area contributed by atoms with E-state index in [4.69, 9.17) is 11.6 Å². The van der Waals surface area contributed by atoms with Crippen LogP contribution in [0.2, 0.25) is 5.02 Å². The van der Waals surface area contributed by atoms with Gasteiger partial charge in [0.05, 0.1) is 10.7 Å². The molecule has 1 amide bonds. The quantitative estimate of drug-likeness (QED) is 0.699. The van der Waals surface area contributed by atoms with Crippen molar-refractivity contribution >= 4 is 34.8 Å². The first-order chi connectivity index (χ1) is 12.2. The lowest BCUT2D eigenvalue weighted by Crippen LogP contribution is -2.15. The van der Waals surface area contributed by atoms with Gasteiger partial charge in [-0.1, -0.05) is 42.8 Å². The SMILES string of the molecule is CCc1ccc(Nc2nccc(C(=O)Nc3ccccc3Cl)n2)cc1. The van der Waals surface area contributed by atoms with Crippen molar-refractivity contribution in [2.75, 3.05) is 10.6 Å². The summed E-state index contributed by atoms with van der Waals surface area (Å²) in [6.07, 6.45) is 2.52. The largest absolute Gasteiger partial charge is 0.324 e. The fourth-order valence-corrected chi connectivity index (χ4v) is 2.43. The monoisotopic (exact) mass is 352 g/mol. The summed E-state index contributed by atoms with van der Waals surface area (Å²) in [7, 11) is 0. The number of hydrogen-bond acceptors (Lipinski definition) is 4. The molecule has 3 rings (SSSR count). The van der Waals surface area contributed by atoms with Gasteiger partial charge in [-0.3, -0.25) is 4.79 Å². The average molecular weight is 353 g/mol. The minimum atomic E-state index is -0.347. The van der Waals surface area contributed by atoms with E-state index in [1.165, 1.54) is 11.8 Å². The summed E-state index contributed by atoms with van der Waals surface area (Å²) in [5.74, 6) is 0.0101. The van der Waals surface area contributed by atoms with E-state index in [0.717, 1.165) is 12.1 Å². The molecular weight excluding hydrogens is 336 g/mol. The number of benzene rings is 2. The van der Waals surface area contributed by atoms with Crippen LogP contribution in [0.25, 0.3) is 0 Å². The Labute approximate surface area is 151 Å². The Morgan fingerprint density at radius 1 is 1.08 bits per heavy atom. The maximum Gasteiger partial charge on any atom is 0.274 e. The molecule has 0 aliphatic heterocycles. The van der Waals surface area contributed by atoms with E-state index in [1.807, 2.05) is 24.3 Å². The summed E-state index contributed by atoms with van der Waals surface area (Å²) in [5, 5.41) is 6.31. The first-order valence-corrected chi connectivity index (χ1v) is 8.28. The van der Waals surface area contributed by atoms with Crippen LogP contribution in [0.3, 0.4) is 0 Å². The van der Waals surface area contributed by atoms with Gasteiger partial charge >= 0.3 is 0 Å². The number of para-hydroxylation sites is 1. The smallest absolute Gasteiger partial charge is 0.274 e. The molecule has 0 radical (unpaired) electrons. The molecule has 1 aromatic heterocycles. The van der Waals surface area contributed by atoms with Gasteiger partial charge in [-0.2, -0.15) is 0 Å². The second-order valence-electron chi connectivity index (χ2n) is 5.37. The number of nitrogens with one attached hydrogen (secondary N) is 2. The van der Waals surface area contributed by atoms with Crippen molar-refractivity contribution in [2.45, 2.75) is 13.3 Å². The molecule has 25 heavy (non-hydrogen) atoms. The standard InChI is InChI=1S/C19H17ClN4O/c1-2-13-7-9-14(10-8-13)22-19-21-12-11-17(24-19)18(25)23-16-6-4-3-5-15(16)20/h3-12H,2H2,1H3,(H,23,25)(H,21,22,24). The maximum atomic E-state index is 12.4. The molecule has 126 valence electrons. The Morgan fingerprint density at radius 3 is 2.56 bits per heavy atom. The molecule has 6 heteroatoms. The lowest BCUT2D eigenvalue weighted by atomic mass is 10.1. The van der Waals surface area contributed by atoms with Gasteiger partial charge in [-0.15, -0.1) is 0 Å². The minimum Gasteiger partial charge on any atom is -0.324 e. The number of nitrogens with zero attached hydrogens (tertiary/aromatic N) is 2. The Balaban J connectivity index is 1.74. The summed E-state index contributed by atoms with van der Waals surface area (Å²) < 4.78 is 0. The summed E-state index contributed by atoms with van der Waals surface area (Å²) >= 11 is 6.06. The highest BCUT2D eigenvalue weighted by atomic mass is 35.5. The molecule has 0 aliphatic rings. The van der Waals surface area contributed by atoms with Gasteiger partial charge in [-0.25, -0.2) is 9.97 Å². The number of rotatable bonds is 5. The van der Waals surface area contributed by atoms with Crippen LogP contribution in [0.1, 0.15) is 23.0 Å². The predicted molar refractivity (Wildman–Crippen MR) is 101 cm³/mol. The molecule has 1 heterocycles. The highest BCUT2D eigenvalue weighted by Gasteiger charge is 2.11. The van der Waals surface area contributed by atoms with Crippen molar-refractivity contribution in [3.05, 3.63) is 77.1 Å². The molecule has 0 bridgehead atoms. The van der Waals surface area contributed by atoms with Gasteiger partial charge in [0.2, 0.25) is 5.95 Å². The van der Waals surface area contributed by atoms with Gasteiger partial charge in [0.1, 0.15) is 5.69 Å². The van der Waals surface area contributed by atoms with Gasteiger partial charge in [-0.05, 0) is 42.3 Å². The van der Waals surface area contributed by atoms with Crippen LogP contribution in [0.4, 0.5) is 17.3 Å². The Morgan fingerprint density at radius 2 is 1.84 bits per heavy atom. The first-order valence-electron chi connectivity index (χ1n) is 7.90. The number of halogens is 1. The van der Waals surface area contributed by atoms with Gasteiger partial charge < -0.3 is 10.6 Å². The zero-order valence-electron chi connectivity index (χ0n) is 13.7. The molecule has 0 saturated heterocycles. The van der Waals surface area contributed by atoms with E-state index in [2.05, 4.69) is 27.5 Å². The van der Waals surface area contributed by atoms with Crippen molar-refractivity contribution in [1.29, 1.82) is 0 Å². The third-order valence-corrected chi connectivity index (χ3v) is 3.96. The molecule has 0 saturated carbocycles. The van der Waals surface area contributed by atoms with E-state index in [9.17, 15) is 4.79 Å². The van der Waals surface area contributed by atoms with Gasteiger partial charge in [0, 0.05) is 11.9 Å². The van der Waals surface area contributed by atoms with Crippen LogP contribution in [-0.2, 0) is 6.42 Å². The number of hydrogen-bond donors (Lipinski definition) is 2. The lowest BCUT2D eigenvalue weighted by Gasteiger charge is -2.08. The number of aryl methyl sites for hydroxylation is 1. The number of anilines is 3. The van der Waals surface area contributed by atoms with Gasteiger partial charge in [0.25, 0.3) is 5.91 Å². The second-order valence-corrected chi connectivity index (χ2v) is 5.78. The lowest BCUT2D eigenvalue weighted by molar-refractivity contribution is 0.102. The van der Waals surface area contributed by atoms with Crippen molar-refractivity contribution in [3.63, 3.8) is 0 Å². The molecule has 3 aromatic rings. The Kier molecular flexibility index (Phi) is 5.26. The number of carbonyl (C=O) groups is 1. The van der Waals surface area contributed by atoms with Crippen LogP contribution < -0.4 is 10.6 Å². The van der Waals surface area contributed by atoms with Crippen molar-refractivity contribution in [2.24, 2.45) is 0 Å².